The summed E-state index contributed by atoms with van der Waals surface area (Å²) in [7, 11) is 0. The fourth-order valence-corrected chi connectivity index (χ4v) is 2.65. The van der Waals surface area contributed by atoms with Gasteiger partial charge in [0.05, 0.1) is 23.9 Å². The van der Waals surface area contributed by atoms with Crippen molar-refractivity contribution in [1.82, 2.24) is 5.43 Å². The molecule has 0 saturated heterocycles. The molecule has 0 aliphatic heterocycles. The van der Waals surface area contributed by atoms with E-state index in [2.05, 4.69) is 26.5 Å². The average Bonchev–Trinajstić information content (AvgIpc) is 2.59. The second kappa shape index (κ2) is 9.08. The standard InChI is InChI=1S/C18H20BrN3O3/c1-3-24-16-10-12(9-15(19)17(16)25-4-2)11-21-22-18(23)13-5-7-14(20)8-6-13/h5-11H,3-4,20H2,1-2H3,(H,22,23)/b21-11-. The number of halogens is 1. The van der Waals surface area contributed by atoms with Gasteiger partial charge in [-0.25, -0.2) is 5.43 Å². The smallest absolute Gasteiger partial charge is 0.271 e. The highest BCUT2D eigenvalue weighted by atomic mass is 79.9. The third kappa shape index (κ3) is 5.22. The number of hydrogen-bond donors (Lipinski definition) is 2. The number of amides is 1. The molecular weight excluding hydrogens is 386 g/mol. The van der Waals surface area contributed by atoms with Crippen LogP contribution in [-0.2, 0) is 0 Å². The van der Waals surface area contributed by atoms with Crippen LogP contribution in [0.5, 0.6) is 11.5 Å². The van der Waals surface area contributed by atoms with Gasteiger partial charge >= 0.3 is 0 Å². The lowest BCUT2D eigenvalue weighted by Crippen LogP contribution is -2.17. The van der Waals surface area contributed by atoms with Crippen LogP contribution in [0.4, 0.5) is 5.69 Å². The highest BCUT2D eigenvalue weighted by Crippen LogP contribution is 2.36. The Morgan fingerprint density at radius 3 is 2.52 bits per heavy atom. The molecule has 0 unspecified atom stereocenters. The molecule has 2 aromatic rings. The predicted molar refractivity (Wildman–Crippen MR) is 102 cm³/mol. The molecule has 0 aliphatic rings. The summed E-state index contributed by atoms with van der Waals surface area (Å²) in [5.74, 6) is 0.948. The Kier molecular flexibility index (Phi) is 6.82. The zero-order valence-electron chi connectivity index (χ0n) is 14.1. The molecule has 0 atom stereocenters. The number of carbonyl (C=O) groups excluding carboxylic acids is 1. The second-order valence-corrected chi connectivity index (χ2v) is 5.87. The summed E-state index contributed by atoms with van der Waals surface area (Å²) in [6.45, 7) is 4.85. The number of nitrogens with zero attached hydrogens (tertiary/aromatic N) is 1. The normalized spacial score (nSPS) is 10.7. The van der Waals surface area contributed by atoms with Gasteiger partial charge in [-0.05, 0) is 71.7 Å². The molecule has 3 N–H and O–H groups in total. The van der Waals surface area contributed by atoms with Crippen LogP contribution in [0, 0.1) is 0 Å². The molecule has 0 bridgehead atoms. The molecule has 0 spiro atoms. The Labute approximate surface area is 155 Å². The van der Waals surface area contributed by atoms with Crippen molar-refractivity contribution >= 4 is 33.7 Å². The highest BCUT2D eigenvalue weighted by molar-refractivity contribution is 9.10. The van der Waals surface area contributed by atoms with E-state index in [1.807, 2.05) is 19.9 Å². The molecule has 0 heterocycles. The number of rotatable bonds is 7. The summed E-state index contributed by atoms with van der Waals surface area (Å²) in [4.78, 5) is 12.0. The largest absolute Gasteiger partial charge is 0.490 e. The lowest BCUT2D eigenvalue weighted by atomic mass is 10.2. The molecule has 0 aromatic heterocycles. The first-order valence-corrected chi connectivity index (χ1v) is 8.62. The van der Waals surface area contributed by atoms with Crippen molar-refractivity contribution in [2.75, 3.05) is 18.9 Å². The van der Waals surface area contributed by atoms with Crippen molar-refractivity contribution in [3.05, 3.63) is 52.0 Å². The van der Waals surface area contributed by atoms with Crippen LogP contribution in [0.15, 0.2) is 46.0 Å². The highest BCUT2D eigenvalue weighted by Gasteiger charge is 2.11. The Hall–Kier alpha value is -2.54. The van der Waals surface area contributed by atoms with Crippen molar-refractivity contribution in [1.29, 1.82) is 0 Å². The molecule has 2 aromatic carbocycles. The van der Waals surface area contributed by atoms with E-state index in [1.165, 1.54) is 6.21 Å². The van der Waals surface area contributed by atoms with E-state index >= 15 is 0 Å². The van der Waals surface area contributed by atoms with Crippen LogP contribution in [0.25, 0.3) is 0 Å². The molecule has 0 radical (unpaired) electrons. The molecular formula is C18H20BrN3O3. The van der Waals surface area contributed by atoms with Crippen molar-refractivity contribution in [2.24, 2.45) is 5.10 Å². The van der Waals surface area contributed by atoms with E-state index in [9.17, 15) is 4.79 Å². The molecule has 25 heavy (non-hydrogen) atoms. The number of nitrogens with one attached hydrogen (secondary N) is 1. The monoisotopic (exact) mass is 405 g/mol. The second-order valence-electron chi connectivity index (χ2n) is 5.02. The van der Waals surface area contributed by atoms with Gasteiger partial charge in [0.15, 0.2) is 11.5 Å². The topological polar surface area (TPSA) is 85.9 Å². The summed E-state index contributed by atoms with van der Waals surface area (Å²) in [6, 6.07) is 10.2. The number of ether oxygens (including phenoxy) is 2. The summed E-state index contributed by atoms with van der Waals surface area (Å²) < 4.78 is 11.9. The van der Waals surface area contributed by atoms with Gasteiger partial charge in [0.25, 0.3) is 5.91 Å². The van der Waals surface area contributed by atoms with Crippen LogP contribution in [0.2, 0.25) is 0 Å². The Morgan fingerprint density at radius 2 is 1.88 bits per heavy atom. The summed E-state index contributed by atoms with van der Waals surface area (Å²) in [5, 5.41) is 3.99. The lowest BCUT2D eigenvalue weighted by molar-refractivity contribution is 0.0955. The SMILES string of the molecule is CCOc1cc(/C=N\NC(=O)c2ccc(N)cc2)cc(Br)c1OCC. The van der Waals surface area contributed by atoms with Crippen molar-refractivity contribution in [2.45, 2.75) is 13.8 Å². The number of nitrogens with two attached hydrogens (primary N) is 1. The van der Waals surface area contributed by atoms with Gasteiger partial charge in [-0.1, -0.05) is 0 Å². The van der Waals surface area contributed by atoms with Crippen LogP contribution in [0.1, 0.15) is 29.8 Å². The number of anilines is 1. The number of hydrogen-bond acceptors (Lipinski definition) is 5. The van der Waals surface area contributed by atoms with E-state index in [1.54, 1.807) is 30.3 Å². The minimum atomic E-state index is -0.314. The summed E-state index contributed by atoms with van der Waals surface area (Å²) >= 11 is 3.47. The van der Waals surface area contributed by atoms with Gasteiger partial charge in [-0.15, -0.1) is 0 Å². The Balaban J connectivity index is 2.12. The molecule has 0 fully saturated rings. The lowest BCUT2D eigenvalue weighted by Gasteiger charge is -2.13. The van der Waals surface area contributed by atoms with Crippen molar-refractivity contribution in [3.63, 3.8) is 0 Å². The van der Waals surface area contributed by atoms with Crippen LogP contribution < -0.4 is 20.6 Å². The predicted octanol–water partition coefficient (Wildman–Crippen LogP) is 3.59. The van der Waals surface area contributed by atoms with Crippen LogP contribution >= 0.6 is 15.9 Å². The van der Waals surface area contributed by atoms with Gasteiger partial charge in [0.1, 0.15) is 0 Å². The van der Waals surface area contributed by atoms with Gasteiger partial charge in [-0.2, -0.15) is 5.10 Å². The molecule has 132 valence electrons. The van der Waals surface area contributed by atoms with Gasteiger partial charge in [0.2, 0.25) is 0 Å². The third-order valence-electron chi connectivity index (χ3n) is 3.17. The molecule has 2 rings (SSSR count). The minimum absolute atomic E-state index is 0.314. The molecule has 1 amide bonds. The minimum Gasteiger partial charge on any atom is -0.490 e. The first-order chi connectivity index (χ1) is 12.0. The molecule has 0 saturated carbocycles. The van der Waals surface area contributed by atoms with Crippen LogP contribution in [-0.4, -0.2) is 25.3 Å². The van der Waals surface area contributed by atoms with Crippen molar-refractivity contribution in [3.8, 4) is 11.5 Å². The van der Waals surface area contributed by atoms with Crippen molar-refractivity contribution < 1.29 is 14.3 Å². The van der Waals surface area contributed by atoms with E-state index in [0.717, 1.165) is 10.0 Å². The quantitative estimate of drug-likeness (QED) is 0.418. The van der Waals surface area contributed by atoms with Gasteiger partial charge in [-0.3, -0.25) is 4.79 Å². The Bertz CT molecular complexity index is 761. The zero-order chi connectivity index (χ0) is 18.2. The van der Waals surface area contributed by atoms with E-state index < -0.39 is 0 Å². The molecule has 0 aliphatic carbocycles. The summed E-state index contributed by atoms with van der Waals surface area (Å²) in [5.41, 5.74) is 9.92. The first-order valence-electron chi connectivity index (χ1n) is 7.83. The first kappa shape index (κ1) is 18.8. The van der Waals surface area contributed by atoms with E-state index in [0.29, 0.717) is 36.0 Å². The van der Waals surface area contributed by atoms with Gasteiger partial charge in [0, 0.05) is 11.3 Å². The Morgan fingerprint density at radius 1 is 1.20 bits per heavy atom. The zero-order valence-corrected chi connectivity index (χ0v) is 15.7. The maximum atomic E-state index is 12.0. The summed E-state index contributed by atoms with van der Waals surface area (Å²) in [6.07, 6.45) is 1.54. The average molecular weight is 406 g/mol. The maximum Gasteiger partial charge on any atom is 0.271 e. The number of hydrazone groups is 1. The number of carbonyl (C=O) groups is 1. The van der Waals surface area contributed by atoms with E-state index in [-0.39, 0.29) is 5.91 Å². The number of benzene rings is 2. The van der Waals surface area contributed by atoms with Gasteiger partial charge < -0.3 is 15.2 Å². The maximum absolute atomic E-state index is 12.0. The fraction of sp³-hybridized carbons (Fsp3) is 0.222. The number of nitrogen functional groups attached to an aromatic ring is 1. The molecule has 6 nitrogen and oxygen atoms in total. The fourth-order valence-electron chi connectivity index (χ4n) is 2.07. The molecule has 7 heteroatoms. The van der Waals surface area contributed by atoms with Crippen LogP contribution in [0.3, 0.4) is 0 Å². The third-order valence-corrected chi connectivity index (χ3v) is 3.76. The van der Waals surface area contributed by atoms with E-state index in [4.69, 9.17) is 15.2 Å².